The number of aromatic nitrogens is 2. The molecule has 2 aromatic rings. The van der Waals surface area contributed by atoms with E-state index in [1.54, 1.807) is 12.4 Å². The molecule has 4 heteroatoms. The van der Waals surface area contributed by atoms with Crippen LogP contribution in [0.1, 0.15) is 11.3 Å². The van der Waals surface area contributed by atoms with E-state index in [1.165, 1.54) is 0 Å². The summed E-state index contributed by atoms with van der Waals surface area (Å²) in [5, 5.41) is 0. The van der Waals surface area contributed by atoms with Crippen LogP contribution >= 0.6 is 0 Å². The Kier molecular flexibility index (Phi) is 2.72. The Balaban J connectivity index is 2.35. The van der Waals surface area contributed by atoms with Gasteiger partial charge >= 0.3 is 0 Å². The molecule has 2 heterocycles. The number of nitrogens with two attached hydrogens (primary N) is 1. The summed E-state index contributed by atoms with van der Waals surface area (Å²) < 4.78 is 5.62. The van der Waals surface area contributed by atoms with Crippen molar-refractivity contribution in [2.24, 2.45) is 0 Å². The normalized spacial score (nSPS) is 10.1. The van der Waals surface area contributed by atoms with Crippen molar-refractivity contribution < 1.29 is 4.74 Å². The van der Waals surface area contributed by atoms with Crippen LogP contribution in [0.2, 0.25) is 0 Å². The van der Waals surface area contributed by atoms with Gasteiger partial charge < -0.3 is 10.5 Å². The molecule has 0 spiro atoms. The lowest BCUT2D eigenvalue weighted by atomic mass is 10.2. The molecule has 82 valence electrons. The third kappa shape index (κ3) is 1.95. The fourth-order valence-electron chi connectivity index (χ4n) is 1.31. The van der Waals surface area contributed by atoms with E-state index in [-0.39, 0.29) is 0 Å². The fraction of sp³-hybridized carbons (Fsp3) is 0.167. The van der Waals surface area contributed by atoms with Gasteiger partial charge in [0.05, 0.1) is 11.4 Å². The van der Waals surface area contributed by atoms with Crippen molar-refractivity contribution in [3.8, 4) is 11.6 Å². The Hall–Kier alpha value is -2.10. The summed E-state index contributed by atoms with van der Waals surface area (Å²) in [5.41, 5.74) is 8.19. The minimum Gasteiger partial charge on any atom is -0.435 e. The third-order valence-electron chi connectivity index (χ3n) is 2.34. The van der Waals surface area contributed by atoms with Crippen molar-refractivity contribution in [1.29, 1.82) is 0 Å². The SMILES string of the molecule is Cc1ccnc(Oc2cccnc2C)c1N. The topological polar surface area (TPSA) is 61.0 Å². The number of nitrogen functional groups attached to an aromatic ring is 1. The van der Waals surface area contributed by atoms with Crippen molar-refractivity contribution in [1.82, 2.24) is 9.97 Å². The number of nitrogens with zero attached hydrogens (tertiary/aromatic N) is 2. The average molecular weight is 215 g/mol. The maximum absolute atomic E-state index is 5.87. The molecule has 16 heavy (non-hydrogen) atoms. The van der Waals surface area contributed by atoms with Gasteiger partial charge in [-0.2, -0.15) is 0 Å². The smallest absolute Gasteiger partial charge is 0.242 e. The largest absolute Gasteiger partial charge is 0.435 e. The van der Waals surface area contributed by atoms with E-state index >= 15 is 0 Å². The van der Waals surface area contributed by atoms with Crippen molar-refractivity contribution in [3.05, 3.63) is 41.9 Å². The Morgan fingerprint density at radius 3 is 2.69 bits per heavy atom. The van der Waals surface area contributed by atoms with Crippen LogP contribution in [0.5, 0.6) is 11.6 Å². The monoisotopic (exact) mass is 215 g/mol. The second-order valence-electron chi connectivity index (χ2n) is 3.54. The summed E-state index contributed by atoms with van der Waals surface area (Å²) in [5.74, 6) is 1.10. The standard InChI is InChI=1S/C12H13N3O/c1-8-5-7-15-12(11(8)13)16-10-4-3-6-14-9(10)2/h3-7H,13H2,1-2H3. The van der Waals surface area contributed by atoms with Crippen molar-refractivity contribution in [3.63, 3.8) is 0 Å². The summed E-state index contributed by atoms with van der Waals surface area (Å²) in [4.78, 5) is 8.23. The van der Waals surface area contributed by atoms with Gasteiger partial charge in [-0.25, -0.2) is 4.98 Å². The zero-order valence-electron chi connectivity index (χ0n) is 9.27. The number of hydrogen-bond donors (Lipinski definition) is 1. The Bertz CT molecular complexity index is 511. The predicted molar refractivity (Wildman–Crippen MR) is 62.4 cm³/mol. The zero-order valence-corrected chi connectivity index (χ0v) is 9.27. The maximum Gasteiger partial charge on any atom is 0.242 e. The molecule has 0 atom stereocenters. The van der Waals surface area contributed by atoms with Crippen LogP contribution < -0.4 is 10.5 Å². The lowest BCUT2D eigenvalue weighted by molar-refractivity contribution is 0.459. The highest BCUT2D eigenvalue weighted by Gasteiger charge is 2.07. The summed E-state index contributed by atoms with van der Waals surface area (Å²) in [6.45, 7) is 3.79. The highest BCUT2D eigenvalue weighted by atomic mass is 16.5. The molecule has 0 aliphatic rings. The lowest BCUT2D eigenvalue weighted by Gasteiger charge is -2.09. The van der Waals surface area contributed by atoms with Gasteiger partial charge in [0.2, 0.25) is 5.88 Å². The first-order valence-corrected chi connectivity index (χ1v) is 4.99. The second-order valence-corrected chi connectivity index (χ2v) is 3.54. The molecule has 0 saturated heterocycles. The van der Waals surface area contributed by atoms with E-state index in [1.807, 2.05) is 32.0 Å². The number of ether oxygens (including phenoxy) is 1. The van der Waals surface area contributed by atoms with Crippen LogP contribution in [-0.4, -0.2) is 9.97 Å². The number of pyridine rings is 2. The summed E-state index contributed by atoms with van der Waals surface area (Å²) in [6, 6.07) is 5.50. The van der Waals surface area contributed by atoms with Gasteiger partial charge in [-0.3, -0.25) is 4.98 Å². The molecule has 0 aliphatic heterocycles. The van der Waals surface area contributed by atoms with Crippen LogP contribution in [0.15, 0.2) is 30.6 Å². The first kappa shape index (κ1) is 10.4. The lowest BCUT2D eigenvalue weighted by Crippen LogP contribution is -1.98. The zero-order chi connectivity index (χ0) is 11.5. The Labute approximate surface area is 94.1 Å². The van der Waals surface area contributed by atoms with Crippen molar-refractivity contribution >= 4 is 5.69 Å². The van der Waals surface area contributed by atoms with Gasteiger partial charge in [0.1, 0.15) is 0 Å². The molecule has 0 aromatic carbocycles. The van der Waals surface area contributed by atoms with Gasteiger partial charge in [-0.05, 0) is 37.6 Å². The van der Waals surface area contributed by atoms with E-state index in [2.05, 4.69) is 9.97 Å². The third-order valence-corrected chi connectivity index (χ3v) is 2.34. The molecule has 2 N–H and O–H groups in total. The highest BCUT2D eigenvalue weighted by Crippen LogP contribution is 2.27. The van der Waals surface area contributed by atoms with Crippen molar-refractivity contribution in [2.75, 3.05) is 5.73 Å². The summed E-state index contributed by atoms with van der Waals surface area (Å²) in [6.07, 6.45) is 3.39. The maximum atomic E-state index is 5.87. The Morgan fingerprint density at radius 2 is 1.94 bits per heavy atom. The molecule has 0 fully saturated rings. The molecule has 0 saturated carbocycles. The Morgan fingerprint density at radius 1 is 1.12 bits per heavy atom. The van der Waals surface area contributed by atoms with Crippen LogP contribution in [-0.2, 0) is 0 Å². The number of anilines is 1. The van der Waals surface area contributed by atoms with E-state index in [4.69, 9.17) is 10.5 Å². The number of hydrogen-bond acceptors (Lipinski definition) is 4. The molecule has 0 unspecified atom stereocenters. The van der Waals surface area contributed by atoms with E-state index in [0.29, 0.717) is 17.3 Å². The first-order valence-electron chi connectivity index (χ1n) is 4.99. The number of aryl methyl sites for hydroxylation is 2. The molecule has 0 bridgehead atoms. The number of rotatable bonds is 2. The minimum atomic E-state index is 0.427. The van der Waals surface area contributed by atoms with E-state index in [0.717, 1.165) is 11.3 Å². The minimum absolute atomic E-state index is 0.427. The molecule has 0 aliphatic carbocycles. The second kappa shape index (κ2) is 4.18. The first-order chi connectivity index (χ1) is 7.68. The van der Waals surface area contributed by atoms with Gasteiger partial charge in [0.25, 0.3) is 0 Å². The predicted octanol–water partition coefficient (Wildman–Crippen LogP) is 2.47. The molecular formula is C12H13N3O. The van der Waals surface area contributed by atoms with E-state index < -0.39 is 0 Å². The van der Waals surface area contributed by atoms with Crippen LogP contribution in [0.4, 0.5) is 5.69 Å². The quantitative estimate of drug-likeness (QED) is 0.835. The van der Waals surface area contributed by atoms with Crippen LogP contribution in [0.3, 0.4) is 0 Å². The van der Waals surface area contributed by atoms with Crippen LogP contribution in [0, 0.1) is 13.8 Å². The molecule has 0 radical (unpaired) electrons. The van der Waals surface area contributed by atoms with Gasteiger partial charge in [-0.1, -0.05) is 0 Å². The van der Waals surface area contributed by atoms with Gasteiger partial charge in [-0.15, -0.1) is 0 Å². The molecule has 0 amide bonds. The van der Waals surface area contributed by atoms with Gasteiger partial charge in [0.15, 0.2) is 5.75 Å². The fourth-order valence-corrected chi connectivity index (χ4v) is 1.31. The molecule has 2 rings (SSSR count). The molecule has 4 nitrogen and oxygen atoms in total. The molecular weight excluding hydrogens is 202 g/mol. The van der Waals surface area contributed by atoms with Crippen LogP contribution in [0.25, 0.3) is 0 Å². The summed E-state index contributed by atoms with van der Waals surface area (Å²) >= 11 is 0. The van der Waals surface area contributed by atoms with E-state index in [9.17, 15) is 0 Å². The average Bonchev–Trinajstić information content (AvgIpc) is 2.28. The van der Waals surface area contributed by atoms with Gasteiger partial charge in [0, 0.05) is 12.4 Å². The summed E-state index contributed by atoms with van der Waals surface area (Å²) in [7, 11) is 0. The molecule has 2 aromatic heterocycles. The highest BCUT2D eigenvalue weighted by molar-refractivity contribution is 5.55. The van der Waals surface area contributed by atoms with Crippen molar-refractivity contribution in [2.45, 2.75) is 13.8 Å².